The molecule has 2 N–H and O–H groups in total. The van der Waals surface area contributed by atoms with Gasteiger partial charge in [0.05, 0.1) is 28.6 Å². The molecule has 0 spiro atoms. The van der Waals surface area contributed by atoms with E-state index in [0.29, 0.717) is 5.69 Å². The van der Waals surface area contributed by atoms with E-state index in [0.717, 1.165) is 17.7 Å². The molecule has 0 aromatic heterocycles. The Bertz CT molecular complexity index is 747. The summed E-state index contributed by atoms with van der Waals surface area (Å²) in [6.07, 6.45) is 2.65. The first-order valence-electron chi connectivity index (χ1n) is 7.59. The number of ether oxygens (including phenoxy) is 1. The molecule has 5 nitrogen and oxygen atoms in total. The van der Waals surface area contributed by atoms with Gasteiger partial charge in [-0.05, 0) is 43.7 Å². The Labute approximate surface area is 145 Å². The number of para-hydroxylation sites is 1. The van der Waals surface area contributed by atoms with Crippen molar-refractivity contribution in [3.8, 4) is 5.75 Å². The van der Waals surface area contributed by atoms with Gasteiger partial charge in [-0.25, -0.2) is 4.79 Å². The van der Waals surface area contributed by atoms with Crippen molar-refractivity contribution in [2.24, 2.45) is 5.10 Å². The first kappa shape index (κ1) is 17.8. The monoisotopic (exact) mass is 346 g/mol. The SMILES string of the molecule is CC[C@@H](C)Oc1ccccc1/C=N\Nc1ccc(Cl)c(C(=O)O)c1. The van der Waals surface area contributed by atoms with E-state index in [1.807, 2.05) is 31.2 Å². The zero-order valence-corrected chi connectivity index (χ0v) is 14.2. The number of carbonyl (C=O) groups is 1. The third-order valence-electron chi connectivity index (χ3n) is 3.42. The van der Waals surface area contributed by atoms with E-state index in [2.05, 4.69) is 17.5 Å². The van der Waals surface area contributed by atoms with E-state index in [9.17, 15) is 4.79 Å². The van der Waals surface area contributed by atoms with E-state index in [-0.39, 0.29) is 16.7 Å². The van der Waals surface area contributed by atoms with Crippen LogP contribution in [0.5, 0.6) is 5.75 Å². The number of hydrazone groups is 1. The van der Waals surface area contributed by atoms with Crippen molar-refractivity contribution in [2.75, 3.05) is 5.43 Å². The highest BCUT2D eigenvalue weighted by Crippen LogP contribution is 2.21. The number of halogens is 1. The topological polar surface area (TPSA) is 70.9 Å². The summed E-state index contributed by atoms with van der Waals surface area (Å²) >= 11 is 5.84. The molecule has 0 saturated carbocycles. The second kappa shape index (κ2) is 8.36. The zero-order valence-electron chi connectivity index (χ0n) is 13.5. The van der Waals surface area contributed by atoms with Crippen LogP contribution in [0.15, 0.2) is 47.6 Å². The summed E-state index contributed by atoms with van der Waals surface area (Å²) in [6.45, 7) is 4.07. The molecule has 0 aliphatic carbocycles. The van der Waals surface area contributed by atoms with Crippen molar-refractivity contribution >= 4 is 29.5 Å². The number of nitrogens with zero attached hydrogens (tertiary/aromatic N) is 1. The van der Waals surface area contributed by atoms with Gasteiger partial charge >= 0.3 is 5.97 Å². The van der Waals surface area contributed by atoms with Gasteiger partial charge in [-0.2, -0.15) is 5.10 Å². The smallest absolute Gasteiger partial charge is 0.337 e. The molecule has 0 amide bonds. The average Bonchev–Trinajstić information content (AvgIpc) is 2.57. The minimum absolute atomic E-state index is 0.0253. The fourth-order valence-electron chi connectivity index (χ4n) is 1.93. The van der Waals surface area contributed by atoms with E-state index in [4.69, 9.17) is 21.4 Å². The van der Waals surface area contributed by atoms with Crippen LogP contribution in [-0.4, -0.2) is 23.4 Å². The highest BCUT2D eigenvalue weighted by atomic mass is 35.5. The summed E-state index contributed by atoms with van der Waals surface area (Å²) in [5, 5.41) is 13.4. The quantitative estimate of drug-likeness (QED) is 0.565. The summed E-state index contributed by atoms with van der Waals surface area (Å²) in [7, 11) is 0. The third kappa shape index (κ3) is 4.73. The predicted octanol–water partition coefficient (Wildman–Crippen LogP) is 4.66. The molecule has 2 aromatic carbocycles. The lowest BCUT2D eigenvalue weighted by Gasteiger charge is -2.14. The van der Waals surface area contributed by atoms with Gasteiger partial charge in [-0.3, -0.25) is 5.43 Å². The summed E-state index contributed by atoms with van der Waals surface area (Å²) in [4.78, 5) is 11.1. The van der Waals surface area contributed by atoms with Crippen LogP contribution in [0.2, 0.25) is 5.02 Å². The average molecular weight is 347 g/mol. The third-order valence-corrected chi connectivity index (χ3v) is 3.75. The normalized spacial score (nSPS) is 12.1. The van der Waals surface area contributed by atoms with Gasteiger partial charge in [-0.15, -0.1) is 0 Å². The van der Waals surface area contributed by atoms with Gasteiger partial charge in [0.1, 0.15) is 5.75 Å². The summed E-state index contributed by atoms with van der Waals surface area (Å²) in [6, 6.07) is 12.2. The number of nitrogens with one attached hydrogen (secondary N) is 1. The van der Waals surface area contributed by atoms with Crippen LogP contribution < -0.4 is 10.2 Å². The Morgan fingerprint density at radius 1 is 1.38 bits per heavy atom. The number of anilines is 1. The minimum atomic E-state index is -1.08. The number of carboxylic acid groups (broad SMARTS) is 1. The van der Waals surface area contributed by atoms with Crippen molar-refractivity contribution in [1.82, 2.24) is 0 Å². The van der Waals surface area contributed by atoms with E-state index in [1.165, 1.54) is 12.1 Å². The highest BCUT2D eigenvalue weighted by molar-refractivity contribution is 6.33. The second-order valence-electron chi connectivity index (χ2n) is 5.24. The lowest BCUT2D eigenvalue weighted by atomic mass is 10.2. The van der Waals surface area contributed by atoms with Crippen molar-refractivity contribution in [3.63, 3.8) is 0 Å². The first-order valence-corrected chi connectivity index (χ1v) is 7.96. The summed E-state index contributed by atoms with van der Waals surface area (Å²) in [5.74, 6) is -0.334. The molecular weight excluding hydrogens is 328 g/mol. The summed E-state index contributed by atoms with van der Waals surface area (Å²) < 4.78 is 5.85. The molecule has 24 heavy (non-hydrogen) atoms. The largest absolute Gasteiger partial charge is 0.490 e. The Balaban J connectivity index is 2.12. The van der Waals surface area contributed by atoms with Crippen LogP contribution in [0.25, 0.3) is 0 Å². The Hall–Kier alpha value is -2.53. The maximum atomic E-state index is 11.1. The van der Waals surface area contributed by atoms with Crippen molar-refractivity contribution in [2.45, 2.75) is 26.4 Å². The zero-order chi connectivity index (χ0) is 17.5. The molecule has 2 rings (SSSR count). The van der Waals surface area contributed by atoms with E-state index < -0.39 is 5.97 Å². The maximum Gasteiger partial charge on any atom is 0.337 e. The number of rotatable bonds is 7. The van der Waals surface area contributed by atoms with Crippen LogP contribution >= 0.6 is 11.6 Å². The number of benzene rings is 2. The number of hydrogen-bond acceptors (Lipinski definition) is 4. The molecule has 2 aromatic rings. The number of hydrogen-bond donors (Lipinski definition) is 2. The van der Waals surface area contributed by atoms with Crippen LogP contribution in [0, 0.1) is 0 Å². The van der Waals surface area contributed by atoms with Gasteiger partial charge in [0.2, 0.25) is 0 Å². The highest BCUT2D eigenvalue weighted by Gasteiger charge is 2.09. The molecule has 0 radical (unpaired) electrons. The van der Waals surface area contributed by atoms with Crippen molar-refractivity contribution < 1.29 is 14.6 Å². The molecule has 126 valence electrons. The van der Waals surface area contributed by atoms with Crippen LogP contribution in [0.1, 0.15) is 36.2 Å². The Morgan fingerprint density at radius 2 is 2.12 bits per heavy atom. The molecule has 0 aliphatic rings. The molecule has 0 fully saturated rings. The molecule has 0 heterocycles. The Morgan fingerprint density at radius 3 is 2.83 bits per heavy atom. The fourth-order valence-corrected chi connectivity index (χ4v) is 2.13. The molecule has 0 bridgehead atoms. The molecule has 0 aliphatic heterocycles. The predicted molar refractivity (Wildman–Crippen MR) is 96.5 cm³/mol. The number of carboxylic acids is 1. The molecular formula is C18H19ClN2O3. The lowest BCUT2D eigenvalue weighted by molar-refractivity contribution is 0.0697. The van der Waals surface area contributed by atoms with Gasteiger partial charge < -0.3 is 9.84 Å². The van der Waals surface area contributed by atoms with Crippen LogP contribution in [0.3, 0.4) is 0 Å². The molecule has 0 unspecified atom stereocenters. The van der Waals surface area contributed by atoms with Crippen LogP contribution in [0.4, 0.5) is 5.69 Å². The number of aromatic carboxylic acids is 1. The minimum Gasteiger partial charge on any atom is -0.490 e. The summed E-state index contributed by atoms with van der Waals surface area (Å²) in [5.41, 5.74) is 4.19. The second-order valence-corrected chi connectivity index (χ2v) is 5.65. The first-order chi connectivity index (χ1) is 11.5. The Kier molecular flexibility index (Phi) is 6.21. The van der Waals surface area contributed by atoms with Crippen LogP contribution in [-0.2, 0) is 0 Å². The van der Waals surface area contributed by atoms with Gasteiger partial charge in [-0.1, -0.05) is 30.7 Å². The fraction of sp³-hybridized carbons (Fsp3) is 0.222. The van der Waals surface area contributed by atoms with Crippen molar-refractivity contribution in [1.29, 1.82) is 0 Å². The molecule has 6 heteroatoms. The lowest BCUT2D eigenvalue weighted by Crippen LogP contribution is -2.11. The maximum absolute atomic E-state index is 11.1. The van der Waals surface area contributed by atoms with E-state index in [1.54, 1.807) is 12.3 Å². The van der Waals surface area contributed by atoms with Gasteiger partial charge in [0.25, 0.3) is 0 Å². The van der Waals surface area contributed by atoms with Gasteiger partial charge in [0, 0.05) is 5.56 Å². The van der Waals surface area contributed by atoms with Gasteiger partial charge in [0.15, 0.2) is 0 Å². The molecule has 1 atom stereocenters. The van der Waals surface area contributed by atoms with Crippen molar-refractivity contribution in [3.05, 3.63) is 58.6 Å². The van der Waals surface area contributed by atoms with E-state index >= 15 is 0 Å². The molecule has 0 saturated heterocycles. The standard InChI is InChI=1S/C18H19ClN2O3/c1-3-12(2)24-17-7-5-4-6-13(17)11-20-21-14-8-9-16(19)15(10-14)18(22)23/h4-12,21H,3H2,1-2H3,(H,22,23)/b20-11-/t12-/m1/s1.